The van der Waals surface area contributed by atoms with Crippen molar-refractivity contribution in [3.05, 3.63) is 30.4 Å². The normalized spacial score (nSPS) is 15.5. The van der Waals surface area contributed by atoms with Crippen molar-refractivity contribution in [2.45, 2.75) is 39.2 Å². The molecule has 1 fully saturated rings. The molecule has 24 heavy (non-hydrogen) atoms. The Balaban J connectivity index is 2.06. The van der Waals surface area contributed by atoms with Crippen LogP contribution in [0.1, 0.15) is 43.5 Å². The van der Waals surface area contributed by atoms with Crippen molar-refractivity contribution in [2.75, 3.05) is 18.0 Å². The van der Waals surface area contributed by atoms with Gasteiger partial charge in [0, 0.05) is 55.9 Å². The van der Waals surface area contributed by atoms with Crippen LogP contribution in [0.4, 0.5) is 5.69 Å². The molecule has 0 radical (unpaired) electrons. The SMILES string of the molecule is CCC(C)NC(=O)c1cncc(-c2cnn(C)c2)c1N1CCCC1. The number of carbonyl (C=O) groups excluding carboxylic acids is 1. The third-order valence-corrected chi connectivity index (χ3v) is 4.59. The highest BCUT2D eigenvalue weighted by atomic mass is 16.1. The second-order valence-electron chi connectivity index (χ2n) is 6.46. The summed E-state index contributed by atoms with van der Waals surface area (Å²) in [6.07, 6.45) is 10.5. The standard InChI is InChI=1S/C18H25N5O/c1-4-13(2)21-18(24)16-11-19-10-15(14-9-20-22(3)12-14)17(16)23-7-5-6-8-23/h9-13H,4-8H2,1-3H3,(H,21,24). The maximum absolute atomic E-state index is 12.8. The number of nitrogens with one attached hydrogen (secondary N) is 1. The van der Waals surface area contributed by atoms with Gasteiger partial charge in [-0.15, -0.1) is 0 Å². The minimum Gasteiger partial charge on any atom is -0.370 e. The van der Waals surface area contributed by atoms with Gasteiger partial charge < -0.3 is 10.2 Å². The topological polar surface area (TPSA) is 63.1 Å². The Morgan fingerprint density at radius 1 is 1.29 bits per heavy atom. The molecule has 0 aliphatic carbocycles. The van der Waals surface area contributed by atoms with Crippen LogP contribution in [-0.4, -0.2) is 39.8 Å². The molecule has 1 unspecified atom stereocenters. The first-order chi connectivity index (χ1) is 11.6. The van der Waals surface area contributed by atoms with Crippen molar-refractivity contribution in [2.24, 2.45) is 7.05 Å². The van der Waals surface area contributed by atoms with E-state index in [0.717, 1.165) is 49.2 Å². The number of hydrogen-bond acceptors (Lipinski definition) is 4. The van der Waals surface area contributed by atoms with Crippen molar-refractivity contribution >= 4 is 11.6 Å². The number of anilines is 1. The fraction of sp³-hybridized carbons (Fsp3) is 0.500. The van der Waals surface area contributed by atoms with Crippen LogP contribution in [0.25, 0.3) is 11.1 Å². The van der Waals surface area contributed by atoms with Crippen LogP contribution in [0.5, 0.6) is 0 Å². The average molecular weight is 327 g/mol. The maximum Gasteiger partial charge on any atom is 0.255 e. The summed E-state index contributed by atoms with van der Waals surface area (Å²) in [6, 6.07) is 0.144. The molecule has 0 spiro atoms. The fourth-order valence-electron chi connectivity index (χ4n) is 3.08. The maximum atomic E-state index is 12.8. The Kier molecular flexibility index (Phi) is 4.83. The summed E-state index contributed by atoms with van der Waals surface area (Å²) in [7, 11) is 1.89. The van der Waals surface area contributed by atoms with Crippen LogP contribution in [0.3, 0.4) is 0 Å². The lowest BCUT2D eigenvalue weighted by atomic mass is 10.0. The lowest BCUT2D eigenvalue weighted by Crippen LogP contribution is -2.33. The van der Waals surface area contributed by atoms with Crippen LogP contribution in [0, 0.1) is 0 Å². The third-order valence-electron chi connectivity index (χ3n) is 4.59. The first-order valence-corrected chi connectivity index (χ1v) is 8.63. The zero-order valence-corrected chi connectivity index (χ0v) is 14.6. The van der Waals surface area contributed by atoms with E-state index >= 15 is 0 Å². The van der Waals surface area contributed by atoms with Crippen molar-refractivity contribution < 1.29 is 4.79 Å². The van der Waals surface area contributed by atoms with Crippen LogP contribution >= 0.6 is 0 Å². The average Bonchev–Trinajstić information content (AvgIpc) is 3.25. The molecule has 1 saturated heterocycles. The number of rotatable bonds is 5. The molecule has 0 aromatic carbocycles. The number of aromatic nitrogens is 3. The Bertz CT molecular complexity index is 718. The van der Waals surface area contributed by atoms with E-state index in [9.17, 15) is 4.79 Å². The van der Waals surface area contributed by atoms with Gasteiger partial charge in [-0.25, -0.2) is 0 Å². The van der Waals surface area contributed by atoms with Gasteiger partial charge in [0.25, 0.3) is 5.91 Å². The summed E-state index contributed by atoms with van der Waals surface area (Å²) in [6.45, 7) is 6.03. The molecule has 2 aromatic heterocycles. The Morgan fingerprint density at radius 2 is 2.04 bits per heavy atom. The molecule has 1 amide bonds. The Morgan fingerprint density at radius 3 is 2.67 bits per heavy atom. The van der Waals surface area contributed by atoms with E-state index in [0.29, 0.717) is 5.56 Å². The van der Waals surface area contributed by atoms with Crippen LogP contribution < -0.4 is 10.2 Å². The second-order valence-corrected chi connectivity index (χ2v) is 6.46. The van der Waals surface area contributed by atoms with Gasteiger partial charge in [0.05, 0.1) is 17.4 Å². The van der Waals surface area contributed by atoms with Crippen molar-refractivity contribution in [3.8, 4) is 11.1 Å². The molecular formula is C18H25N5O. The predicted molar refractivity (Wildman–Crippen MR) is 95.1 cm³/mol. The van der Waals surface area contributed by atoms with Gasteiger partial charge in [-0.3, -0.25) is 14.5 Å². The highest BCUT2D eigenvalue weighted by Gasteiger charge is 2.24. The van der Waals surface area contributed by atoms with E-state index in [-0.39, 0.29) is 11.9 Å². The number of hydrogen-bond donors (Lipinski definition) is 1. The molecular weight excluding hydrogens is 302 g/mol. The quantitative estimate of drug-likeness (QED) is 0.917. The minimum absolute atomic E-state index is 0.0514. The van der Waals surface area contributed by atoms with Gasteiger partial charge in [0.1, 0.15) is 0 Å². The van der Waals surface area contributed by atoms with Gasteiger partial charge in [-0.05, 0) is 26.2 Å². The van der Waals surface area contributed by atoms with E-state index in [1.165, 1.54) is 0 Å². The lowest BCUT2D eigenvalue weighted by molar-refractivity contribution is 0.0939. The molecule has 2 aromatic rings. The number of carbonyl (C=O) groups is 1. The van der Waals surface area contributed by atoms with Gasteiger partial charge in [-0.2, -0.15) is 5.10 Å². The summed E-state index contributed by atoms with van der Waals surface area (Å²) in [5, 5.41) is 7.33. The summed E-state index contributed by atoms with van der Waals surface area (Å²) >= 11 is 0. The highest BCUT2D eigenvalue weighted by Crippen LogP contribution is 2.35. The molecule has 6 nitrogen and oxygen atoms in total. The summed E-state index contributed by atoms with van der Waals surface area (Å²) < 4.78 is 1.77. The highest BCUT2D eigenvalue weighted by molar-refractivity contribution is 6.03. The molecule has 1 atom stereocenters. The molecule has 1 aliphatic heterocycles. The van der Waals surface area contributed by atoms with Gasteiger partial charge in [-0.1, -0.05) is 6.92 Å². The molecule has 3 rings (SSSR count). The fourth-order valence-corrected chi connectivity index (χ4v) is 3.08. The van der Waals surface area contributed by atoms with Gasteiger partial charge in [0.2, 0.25) is 0 Å². The predicted octanol–water partition coefficient (Wildman–Crippen LogP) is 2.61. The van der Waals surface area contributed by atoms with E-state index in [2.05, 4.69) is 27.2 Å². The van der Waals surface area contributed by atoms with E-state index in [1.54, 1.807) is 10.9 Å². The number of pyridine rings is 1. The zero-order valence-electron chi connectivity index (χ0n) is 14.6. The van der Waals surface area contributed by atoms with Crippen LogP contribution in [0.15, 0.2) is 24.8 Å². The zero-order chi connectivity index (χ0) is 17.1. The van der Waals surface area contributed by atoms with Crippen molar-refractivity contribution in [3.63, 3.8) is 0 Å². The van der Waals surface area contributed by atoms with Crippen molar-refractivity contribution in [1.29, 1.82) is 0 Å². The van der Waals surface area contributed by atoms with Crippen molar-refractivity contribution in [1.82, 2.24) is 20.1 Å². The molecule has 6 heteroatoms. The molecule has 1 aliphatic rings. The minimum atomic E-state index is -0.0514. The first-order valence-electron chi connectivity index (χ1n) is 8.63. The molecule has 0 saturated carbocycles. The Labute approximate surface area is 142 Å². The second kappa shape index (κ2) is 7.03. The lowest BCUT2D eigenvalue weighted by Gasteiger charge is -2.24. The van der Waals surface area contributed by atoms with E-state index in [4.69, 9.17) is 0 Å². The number of amides is 1. The largest absolute Gasteiger partial charge is 0.370 e. The first kappa shape index (κ1) is 16.5. The van der Waals surface area contributed by atoms with Crippen LogP contribution in [0.2, 0.25) is 0 Å². The van der Waals surface area contributed by atoms with E-state index in [1.807, 2.05) is 32.6 Å². The summed E-state index contributed by atoms with van der Waals surface area (Å²) in [4.78, 5) is 19.4. The Hall–Kier alpha value is -2.37. The summed E-state index contributed by atoms with van der Waals surface area (Å²) in [5.41, 5.74) is 3.60. The molecule has 1 N–H and O–H groups in total. The third kappa shape index (κ3) is 3.27. The molecule has 0 bridgehead atoms. The monoisotopic (exact) mass is 327 g/mol. The smallest absolute Gasteiger partial charge is 0.255 e. The summed E-state index contributed by atoms with van der Waals surface area (Å²) in [5.74, 6) is -0.0514. The molecule has 3 heterocycles. The van der Waals surface area contributed by atoms with Gasteiger partial charge in [0.15, 0.2) is 0 Å². The molecule has 128 valence electrons. The number of aryl methyl sites for hydroxylation is 1. The van der Waals surface area contributed by atoms with Gasteiger partial charge >= 0.3 is 0 Å². The van der Waals surface area contributed by atoms with Crippen LogP contribution in [-0.2, 0) is 7.05 Å². The van der Waals surface area contributed by atoms with E-state index < -0.39 is 0 Å². The number of nitrogens with zero attached hydrogens (tertiary/aromatic N) is 4.